The topological polar surface area (TPSA) is 285 Å². The standard InChI is InChI=1S/C18H31NO7.C8H17NO3.C7H14O3.C3H4O4.C2H4O.2CH4/c1-14(22)13-18(23)26-16(3)17(6-10-21)25-12-8-19(4)7-11-24-15(2)5-9-20;1-8(12-6-4-10)7-11-5-3-9-2;1-3-10-7(4-5-8)6(2)9;4-2(5)1-3(6)7;1-2-3;;/h9-10,15-17H,5-8,11-13H2,1-4H3;4,8-9H,3,5-7H2,1-2H3;5-7,9H,3-4H2,1-2H3;1H2,(H,4,5)(H,6,7);2H,1H3;2*1H4. The van der Waals surface area contributed by atoms with Crippen molar-refractivity contribution in [3.8, 4) is 0 Å². The number of carboxylic acid groups (broad SMARTS) is 2. The Hall–Kier alpha value is -3.89. The molecule has 356 valence electrons. The van der Waals surface area contributed by atoms with E-state index in [1.54, 1.807) is 13.8 Å². The highest BCUT2D eigenvalue weighted by molar-refractivity contribution is 5.94. The molecule has 0 heterocycles. The number of rotatable bonds is 31. The number of carboxylic acids is 2. The molecule has 0 fully saturated rings. The van der Waals surface area contributed by atoms with Crippen LogP contribution in [0.2, 0.25) is 0 Å². The van der Waals surface area contributed by atoms with Gasteiger partial charge in [0.15, 0.2) is 0 Å². The first-order valence-corrected chi connectivity index (χ1v) is 18.7. The number of esters is 1. The van der Waals surface area contributed by atoms with Gasteiger partial charge < -0.3 is 77.9 Å². The van der Waals surface area contributed by atoms with Gasteiger partial charge in [-0.2, -0.15) is 0 Å². The van der Waals surface area contributed by atoms with E-state index in [1.165, 1.54) is 13.8 Å². The molecule has 0 aromatic carbocycles. The van der Waals surface area contributed by atoms with Crippen LogP contribution in [-0.2, 0) is 71.6 Å². The summed E-state index contributed by atoms with van der Waals surface area (Å²) in [6, 6.07) is 0. The smallest absolute Gasteiger partial charge is 0.314 e. The summed E-state index contributed by atoms with van der Waals surface area (Å²) < 4.78 is 31.6. The number of nitrogens with zero attached hydrogens (tertiary/aromatic N) is 1. The van der Waals surface area contributed by atoms with Crippen molar-refractivity contribution in [2.45, 2.75) is 132 Å². The molecule has 20 nitrogen and oxygen atoms in total. The zero-order valence-electron chi connectivity index (χ0n) is 35.7. The first kappa shape index (κ1) is 70.7. The van der Waals surface area contributed by atoms with Gasteiger partial charge in [-0.1, -0.05) is 14.9 Å². The lowest BCUT2D eigenvalue weighted by Gasteiger charge is -2.24. The minimum Gasteiger partial charge on any atom is -0.481 e. The van der Waals surface area contributed by atoms with Crippen LogP contribution in [0.1, 0.15) is 95.4 Å². The molecule has 0 aromatic rings. The number of aliphatic hydroxyl groups excluding tert-OH is 1. The largest absolute Gasteiger partial charge is 0.481 e. The van der Waals surface area contributed by atoms with E-state index in [-0.39, 0.29) is 64.8 Å². The third-order valence-corrected chi connectivity index (χ3v) is 6.52. The lowest BCUT2D eigenvalue weighted by atomic mass is 10.1. The molecule has 0 aliphatic rings. The number of carbonyl (C=O) groups excluding carboxylic acids is 7. The van der Waals surface area contributed by atoms with Crippen LogP contribution in [0.4, 0.5) is 0 Å². The van der Waals surface area contributed by atoms with Gasteiger partial charge in [-0.15, -0.1) is 0 Å². The number of likely N-dealkylation sites (N-methyl/N-ethyl adjacent to an activating group) is 2. The number of carbonyl (C=O) groups is 9. The third-order valence-electron chi connectivity index (χ3n) is 6.52. The van der Waals surface area contributed by atoms with Crippen molar-refractivity contribution in [3.63, 3.8) is 0 Å². The fraction of sp³-hybridized carbons (Fsp3) is 0.775. The Morgan fingerprint density at radius 3 is 1.62 bits per heavy atom. The van der Waals surface area contributed by atoms with E-state index in [9.17, 15) is 38.4 Å². The van der Waals surface area contributed by atoms with Gasteiger partial charge in [-0.25, -0.2) is 0 Å². The van der Waals surface area contributed by atoms with E-state index in [0.717, 1.165) is 31.7 Å². The van der Waals surface area contributed by atoms with Gasteiger partial charge in [0.05, 0.1) is 50.8 Å². The highest BCUT2D eigenvalue weighted by Crippen LogP contribution is 2.09. The van der Waals surface area contributed by atoms with Crippen LogP contribution in [0.3, 0.4) is 0 Å². The monoisotopic (exact) mass is 875 g/mol. The molecule has 0 radical (unpaired) electrons. The van der Waals surface area contributed by atoms with Gasteiger partial charge in [-0.05, 0) is 62.6 Å². The lowest BCUT2D eigenvalue weighted by Crippen LogP contribution is -2.35. The summed E-state index contributed by atoms with van der Waals surface area (Å²) in [6.45, 7) is 16.4. The Kier molecular flexibility index (Phi) is 62.6. The maximum absolute atomic E-state index is 11.5. The molecule has 60 heavy (non-hydrogen) atoms. The van der Waals surface area contributed by atoms with E-state index < -0.39 is 42.6 Å². The first-order chi connectivity index (χ1) is 27.4. The average molecular weight is 875 g/mol. The third kappa shape index (κ3) is 60.8. The lowest BCUT2D eigenvalue weighted by molar-refractivity contribution is -0.158. The second kappa shape index (κ2) is 53.1. The summed E-state index contributed by atoms with van der Waals surface area (Å²) in [6.07, 6.45) is 1.27. The highest BCUT2D eigenvalue weighted by Gasteiger charge is 2.22. The molecule has 0 aliphatic heterocycles. The zero-order valence-corrected chi connectivity index (χ0v) is 35.7. The Bertz CT molecular complexity index is 1050. The highest BCUT2D eigenvalue weighted by atomic mass is 16.6. The predicted molar refractivity (Wildman–Crippen MR) is 224 cm³/mol. The average Bonchev–Trinajstić information content (AvgIpc) is 3.12. The van der Waals surface area contributed by atoms with Crippen molar-refractivity contribution in [3.05, 3.63) is 0 Å². The number of hydrogen-bond donors (Lipinski definition) is 4. The molecular weight excluding hydrogens is 796 g/mol. The molecule has 0 aromatic heterocycles. The maximum atomic E-state index is 11.5. The van der Waals surface area contributed by atoms with Gasteiger partial charge in [0, 0.05) is 45.5 Å². The van der Waals surface area contributed by atoms with Crippen molar-refractivity contribution in [2.24, 2.45) is 0 Å². The minimum absolute atomic E-state index is 0. The number of nitrogens with one attached hydrogen (secondary N) is 1. The molecule has 0 bridgehead atoms. The zero-order chi connectivity index (χ0) is 45.7. The number of Topliss-reactive ketones (excluding diaryl/α,β-unsaturated/α-hetero) is 1. The van der Waals surface area contributed by atoms with E-state index in [0.29, 0.717) is 58.8 Å². The summed E-state index contributed by atoms with van der Waals surface area (Å²) in [5.41, 5.74) is 0. The summed E-state index contributed by atoms with van der Waals surface area (Å²) in [7, 11) is 3.78. The van der Waals surface area contributed by atoms with Crippen LogP contribution in [0.25, 0.3) is 0 Å². The fourth-order valence-electron chi connectivity index (χ4n) is 3.62. The predicted octanol–water partition coefficient (Wildman–Crippen LogP) is 2.01. The minimum atomic E-state index is -1.31. The van der Waals surface area contributed by atoms with E-state index in [1.807, 2.05) is 39.8 Å². The first-order valence-electron chi connectivity index (χ1n) is 18.7. The molecule has 0 amide bonds. The normalized spacial score (nSPS) is 12.7. The molecule has 0 spiro atoms. The Morgan fingerprint density at radius 1 is 0.717 bits per heavy atom. The fourth-order valence-corrected chi connectivity index (χ4v) is 3.62. The van der Waals surface area contributed by atoms with Crippen LogP contribution < -0.4 is 5.32 Å². The molecule has 0 aliphatic carbocycles. The molecule has 0 saturated carbocycles. The van der Waals surface area contributed by atoms with Crippen LogP contribution in [0.15, 0.2) is 0 Å². The second-order valence-corrected chi connectivity index (χ2v) is 12.1. The van der Waals surface area contributed by atoms with E-state index >= 15 is 0 Å². The van der Waals surface area contributed by atoms with Gasteiger partial charge in [0.2, 0.25) is 0 Å². The maximum Gasteiger partial charge on any atom is 0.314 e. The Labute approximate surface area is 357 Å². The molecule has 0 rings (SSSR count). The quantitative estimate of drug-likeness (QED) is 0.0335. The van der Waals surface area contributed by atoms with Crippen LogP contribution in [-0.4, -0.2) is 185 Å². The Morgan fingerprint density at radius 2 is 1.22 bits per heavy atom. The molecule has 4 N–H and O–H groups in total. The molecule has 6 unspecified atom stereocenters. The van der Waals surface area contributed by atoms with Crippen LogP contribution in [0, 0.1) is 0 Å². The van der Waals surface area contributed by atoms with Crippen molar-refractivity contribution in [1.29, 1.82) is 0 Å². The van der Waals surface area contributed by atoms with Crippen molar-refractivity contribution in [1.82, 2.24) is 10.2 Å². The summed E-state index contributed by atoms with van der Waals surface area (Å²) in [5, 5.41) is 27.4. The molecular formula is C40H78N2O18. The number of ether oxygens (including phenoxy) is 6. The number of ketones is 1. The van der Waals surface area contributed by atoms with Crippen molar-refractivity contribution >= 4 is 55.1 Å². The molecule has 0 saturated heterocycles. The van der Waals surface area contributed by atoms with Gasteiger partial charge >= 0.3 is 17.9 Å². The SMILES string of the molecule is C.C.CC(=O)CC(=O)OC(C)C(CC=O)OCCN(C)CCOC(C)CC=O.CC=O.CCOC(CC=O)C(C)O.CNCCOCC(C)OCC=O.O=C(O)CC(=O)O. The summed E-state index contributed by atoms with van der Waals surface area (Å²) >= 11 is 0. The Balaban J connectivity index is -0.000000137. The number of hydrogen-bond acceptors (Lipinski definition) is 18. The van der Waals surface area contributed by atoms with Crippen molar-refractivity contribution in [2.75, 3.05) is 73.4 Å². The number of aldehydes is 5. The van der Waals surface area contributed by atoms with E-state index in [4.69, 9.17) is 48.5 Å². The number of aliphatic hydroxyl groups is 1. The summed E-state index contributed by atoms with van der Waals surface area (Å²) in [5.74, 6) is -3.52. The van der Waals surface area contributed by atoms with Gasteiger partial charge in [-0.3, -0.25) is 19.2 Å². The number of aliphatic carboxylic acids is 2. The molecule has 6 atom stereocenters. The second-order valence-electron chi connectivity index (χ2n) is 12.1. The van der Waals surface area contributed by atoms with Crippen molar-refractivity contribution < 1.29 is 86.9 Å². The van der Waals surface area contributed by atoms with Gasteiger partial charge in [0.25, 0.3) is 0 Å². The summed E-state index contributed by atoms with van der Waals surface area (Å²) in [4.78, 5) is 93.2. The van der Waals surface area contributed by atoms with Gasteiger partial charge in [0.1, 0.15) is 68.9 Å². The van der Waals surface area contributed by atoms with E-state index in [2.05, 4.69) is 5.32 Å². The van der Waals surface area contributed by atoms with Crippen LogP contribution >= 0.6 is 0 Å². The molecule has 20 heteroatoms. The van der Waals surface area contributed by atoms with Crippen LogP contribution in [0.5, 0.6) is 0 Å².